The largest absolute Gasteiger partial charge is 0.416 e. The van der Waals surface area contributed by atoms with Crippen LogP contribution < -0.4 is 0 Å². The van der Waals surface area contributed by atoms with Gasteiger partial charge >= 0.3 is 6.18 Å². The smallest absolute Gasteiger partial charge is 0.384 e. The van der Waals surface area contributed by atoms with Crippen LogP contribution in [-0.4, -0.2) is 10.1 Å². The fourth-order valence-electron chi connectivity index (χ4n) is 1.96. The molecule has 2 aromatic rings. The van der Waals surface area contributed by atoms with E-state index in [0.29, 0.717) is 16.1 Å². The van der Waals surface area contributed by atoms with Crippen LogP contribution in [0.15, 0.2) is 36.7 Å². The molecule has 1 aromatic carbocycles. The van der Waals surface area contributed by atoms with Crippen LogP contribution in [-0.2, 0) is 6.18 Å². The molecule has 6 heteroatoms. The van der Waals surface area contributed by atoms with Gasteiger partial charge in [-0.2, -0.15) is 13.2 Å². The van der Waals surface area contributed by atoms with E-state index in [-0.39, 0.29) is 5.56 Å². The molecular formula is C14H11ClF3NO. The third-order valence-electron chi connectivity index (χ3n) is 2.99. The Kier molecular flexibility index (Phi) is 4.01. The Morgan fingerprint density at radius 3 is 2.55 bits per heavy atom. The fourth-order valence-corrected chi connectivity index (χ4v) is 2.14. The number of nitrogens with zero attached hydrogens (tertiary/aromatic N) is 1. The summed E-state index contributed by atoms with van der Waals surface area (Å²) >= 11 is 5.83. The van der Waals surface area contributed by atoms with Crippen LogP contribution >= 0.6 is 11.6 Å². The van der Waals surface area contributed by atoms with E-state index in [4.69, 9.17) is 11.6 Å². The molecule has 2 rings (SSSR count). The lowest BCUT2D eigenvalue weighted by Gasteiger charge is -2.18. The highest BCUT2D eigenvalue weighted by atomic mass is 35.5. The summed E-state index contributed by atoms with van der Waals surface area (Å²) in [6, 6.07) is 5.55. The molecule has 0 aliphatic rings. The van der Waals surface area contributed by atoms with Gasteiger partial charge in [0, 0.05) is 23.0 Å². The molecule has 0 aliphatic heterocycles. The Hall–Kier alpha value is -1.59. The van der Waals surface area contributed by atoms with E-state index in [0.717, 1.165) is 18.5 Å². The van der Waals surface area contributed by atoms with E-state index in [1.807, 2.05) is 0 Å². The van der Waals surface area contributed by atoms with Gasteiger partial charge < -0.3 is 5.11 Å². The topological polar surface area (TPSA) is 33.1 Å². The van der Waals surface area contributed by atoms with Gasteiger partial charge in [-0.1, -0.05) is 17.7 Å². The van der Waals surface area contributed by atoms with Crippen molar-refractivity contribution in [1.82, 2.24) is 4.98 Å². The number of aryl methyl sites for hydroxylation is 1. The summed E-state index contributed by atoms with van der Waals surface area (Å²) in [5, 5.41) is 10.6. The molecule has 0 bridgehead atoms. The van der Waals surface area contributed by atoms with Crippen molar-refractivity contribution in [2.75, 3.05) is 0 Å². The van der Waals surface area contributed by atoms with Gasteiger partial charge in [-0.05, 0) is 36.2 Å². The minimum Gasteiger partial charge on any atom is -0.384 e. The zero-order valence-corrected chi connectivity index (χ0v) is 11.2. The van der Waals surface area contributed by atoms with Crippen LogP contribution in [0.5, 0.6) is 0 Å². The van der Waals surface area contributed by atoms with Gasteiger partial charge in [0.1, 0.15) is 6.10 Å². The molecule has 0 fully saturated rings. The molecule has 20 heavy (non-hydrogen) atoms. The van der Waals surface area contributed by atoms with Gasteiger partial charge in [-0.15, -0.1) is 0 Å². The Balaban J connectivity index is 2.54. The highest BCUT2D eigenvalue weighted by molar-refractivity contribution is 6.30. The van der Waals surface area contributed by atoms with Crippen LogP contribution in [0.2, 0.25) is 5.02 Å². The third-order valence-corrected chi connectivity index (χ3v) is 3.22. The van der Waals surface area contributed by atoms with Gasteiger partial charge in [-0.3, -0.25) is 4.98 Å². The minimum atomic E-state index is -4.55. The van der Waals surface area contributed by atoms with Crippen LogP contribution in [0.1, 0.15) is 28.4 Å². The first-order valence-corrected chi connectivity index (χ1v) is 6.13. The molecule has 0 amide bonds. The lowest BCUT2D eigenvalue weighted by atomic mass is 9.95. The minimum absolute atomic E-state index is 0.287. The molecule has 0 saturated carbocycles. The summed E-state index contributed by atoms with van der Waals surface area (Å²) in [5.74, 6) is 0. The number of hydrogen-bond donors (Lipinski definition) is 1. The maximum atomic E-state index is 12.9. The quantitative estimate of drug-likeness (QED) is 0.904. The van der Waals surface area contributed by atoms with Crippen LogP contribution in [0.4, 0.5) is 13.2 Å². The van der Waals surface area contributed by atoms with Crippen molar-refractivity contribution in [3.8, 4) is 0 Å². The number of rotatable bonds is 2. The number of pyridine rings is 1. The van der Waals surface area contributed by atoms with Crippen molar-refractivity contribution in [3.05, 3.63) is 63.9 Å². The molecule has 0 saturated heterocycles. The summed E-state index contributed by atoms with van der Waals surface area (Å²) in [7, 11) is 0. The SMILES string of the molecule is Cc1ccc(Cl)cc1C(O)c1cnccc1C(F)(F)F. The summed E-state index contributed by atoms with van der Waals surface area (Å²) in [5.41, 5.74) is -0.209. The second-order valence-corrected chi connectivity index (χ2v) is 4.80. The molecule has 0 radical (unpaired) electrons. The number of aliphatic hydroxyl groups excluding tert-OH is 1. The van der Waals surface area contributed by atoms with E-state index in [1.54, 1.807) is 19.1 Å². The molecule has 1 aromatic heterocycles. The lowest BCUT2D eigenvalue weighted by molar-refractivity contribution is -0.139. The van der Waals surface area contributed by atoms with Crippen molar-refractivity contribution in [1.29, 1.82) is 0 Å². The van der Waals surface area contributed by atoms with E-state index >= 15 is 0 Å². The normalized spacial score (nSPS) is 13.3. The van der Waals surface area contributed by atoms with Gasteiger partial charge in [0.05, 0.1) is 5.56 Å². The molecule has 1 unspecified atom stereocenters. The number of halogens is 4. The second kappa shape index (κ2) is 5.42. The van der Waals surface area contributed by atoms with Crippen LogP contribution in [0, 0.1) is 6.92 Å². The van der Waals surface area contributed by atoms with Crippen LogP contribution in [0.3, 0.4) is 0 Å². The van der Waals surface area contributed by atoms with Crippen molar-refractivity contribution in [2.45, 2.75) is 19.2 Å². The van der Waals surface area contributed by atoms with E-state index < -0.39 is 17.8 Å². The van der Waals surface area contributed by atoms with Crippen molar-refractivity contribution >= 4 is 11.6 Å². The maximum Gasteiger partial charge on any atom is 0.416 e. The molecule has 1 heterocycles. The average molecular weight is 302 g/mol. The maximum absolute atomic E-state index is 12.9. The molecule has 0 spiro atoms. The Morgan fingerprint density at radius 1 is 1.20 bits per heavy atom. The van der Waals surface area contributed by atoms with E-state index in [2.05, 4.69) is 4.98 Å². The molecular weight excluding hydrogens is 291 g/mol. The molecule has 0 aliphatic carbocycles. The van der Waals surface area contributed by atoms with Crippen LogP contribution in [0.25, 0.3) is 0 Å². The molecule has 1 N–H and O–H groups in total. The first kappa shape index (κ1) is 14.8. The van der Waals surface area contributed by atoms with E-state index in [1.165, 1.54) is 6.07 Å². The highest BCUT2D eigenvalue weighted by Crippen LogP contribution is 2.37. The second-order valence-electron chi connectivity index (χ2n) is 4.36. The number of aliphatic hydroxyl groups is 1. The number of hydrogen-bond acceptors (Lipinski definition) is 2. The van der Waals surface area contributed by atoms with E-state index in [9.17, 15) is 18.3 Å². The first-order valence-electron chi connectivity index (χ1n) is 5.76. The fraction of sp³-hybridized carbons (Fsp3) is 0.214. The van der Waals surface area contributed by atoms with Gasteiger partial charge in [0.2, 0.25) is 0 Å². The molecule has 1 atom stereocenters. The van der Waals surface area contributed by atoms with Crippen molar-refractivity contribution in [3.63, 3.8) is 0 Å². The zero-order chi connectivity index (χ0) is 14.9. The Labute approximate surface area is 118 Å². The lowest BCUT2D eigenvalue weighted by Crippen LogP contribution is -2.13. The number of benzene rings is 1. The summed E-state index contributed by atoms with van der Waals surface area (Å²) in [4.78, 5) is 3.66. The zero-order valence-electron chi connectivity index (χ0n) is 10.4. The van der Waals surface area contributed by atoms with Gasteiger partial charge in [0.25, 0.3) is 0 Å². The average Bonchev–Trinajstić information content (AvgIpc) is 2.40. The van der Waals surface area contributed by atoms with Gasteiger partial charge in [0.15, 0.2) is 0 Å². The Bertz CT molecular complexity index is 628. The first-order chi connectivity index (χ1) is 9.30. The van der Waals surface area contributed by atoms with Crippen molar-refractivity contribution in [2.24, 2.45) is 0 Å². The molecule has 2 nitrogen and oxygen atoms in total. The predicted molar refractivity (Wildman–Crippen MR) is 69.5 cm³/mol. The monoisotopic (exact) mass is 301 g/mol. The summed E-state index contributed by atoms with van der Waals surface area (Å²) in [6.07, 6.45) is -3.91. The Morgan fingerprint density at radius 2 is 1.90 bits per heavy atom. The summed E-state index contributed by atoms with van der Waals surface area (Å²) < 4.78 is 38.8. The number of alkyl halides is 3. The number of aromatic nitrogens is 1. The standard InChI is InChI=1S/C14H11ClF3NO/c1-8-2-3-9(15)6-10(8)13(20)11-7-19-5-4-12(11)14(16,17)18/h2-7,13,20H,1H3. The van der Waals surface area contributed by atoms with Gasteiger partial charge in [-0.25, -0.2) is 0 Å². The van der Waals surface area contributed by atoms with Crippen molar-refractivity contribution < 1.29 is 18.3 Å². The predicted octanol–water partition coefficient (Wildman–Crippen LogP) is 4.14. The third kappa shape index (κ3) is 2.94. The highest BCUT2D eigenvalue weighted by Gasteiger charge is 2.35. The summed E-state index contributed by atoms with van der Waals surface area (Å²) in [6.45, 7) is 1.69. The molecule has 106 valence electrons.